The van der Waals surface area contributed by atoms with E-state index in [2.05, 4.69) is 48.4 Å². The number of ether oxygens (including phenoxy) is 1. The van der Waals surface area contributed by atoms with E-state index < -0.39 is 0 Å². The zero-order chi connectivity index (χ0) is 17.8. The van der Waals surface area contributed by atoms with Crippen LogP contribution in [0.4, 0.5) is 0 Å². The molecule has 0 spiro atoms. The second-order valence-electron chi connectivity index (χ2n) is 6.45. The number of rotatable bonds is 7. The van der Waals surface area contributed by atoms with Crippen LogP contribution in [0.5, 0.6) is 5.75 Å². The van der Waals surface area contributed by atoms with Gasteiger partial charge in [0.05, 0.1) is 23.5 Å². The molecule has 132 valence electrons. The zero-order valence-corrected chi connectivity index (χ0v) is 16.0. The van der Waals surface area contributed by atoms with Gasteiger partial charge in [0, 0.05) is 36.8 Å². The van der Waals surface area contributed by atoms with Crippen LogP contribution in [0.2, 0.25) is 0 Å². The summed E-state index contributed by atoms with van der Waals surface area (Å²) in [6.07, 6.45) is 3.75. The van der Waals surface area contributed by atoms with Crippen LogP contribution in [0.3, 0.4) is 0 Å². The second-order valence-corrected chi connectivity index (χ2v) is 7.34. The first-order chi connectivity index (χ1) is 12.1. The van der Waals surface area contributed by atoms with Gasteiger partial charge in [0.1, 0.15) is 5.75 Å². The molecule has 0 saturated carbocycles. The SMILES string of the molecule is COc1ccc(-n2cccn2)c(CN(C)Cc2csc(C(C)C)n2)c1. The van der Waals surface area contributed by atoms with Crippen molar-refractivity contribution in [1.29, 1.82) is 0 Å². The molecular weight excluding hydrogens is 332 g/mol. The molecule has 2 heterocycles. The van der Waals surface area contributed by atoms with Crippen LogP contribution in [-0.4, -0.2) is 33.8 Å². The van der Waals surface area contributed by atoms with Gasteiger partial charge in [-0.3, -0.25) is 4.90 Å². The van der Waals surface area contributed by atoms with Gasteiger partial charge in [0.25, 0.3) is 0 Å². The fraction of sp³-hybridized carbons (Fsp3) is 0.368. The van der Waals surface area contributed by atoms with E-state index in [9.17, 15) is 0 Å². The monoisotopic (exact) mass is 356 g/mol. The van der Waals surface area contributed by atoms with Gasteiger partial charge in [-0.1, -0.05) is 13.8 Å². The third kappa shape index (κ3) is 4.27. The molecule has 6 heteroatoms. The molecule has 3 rings (SSSR count). The summed E-state index contributed by atoms with van der Waals surface area (Å²) in [5.41, 5.74) is 3.36. The van der Waals surface area contributed by atoms with Crippen molar-refractivity contribution >= 4 is 11.3 Å². The minimum Gasteiger partial charge on any atom is -0.497 e. The lowest BCUT2D eigenvalue weighted by Crippen LogP contribution is -2.19. The molecule has 0 fully saturated rings. The Morgan fingerprint density at radius 1 is 1.28 bits per heavy atom. The molecule has 0 N–H and O–H groups in total. The quantitative estimate of drug-likeness (QED) is 0.639. The second kappa shape index (κ2) is 7.80. The zero-order valence-electron chi connectivity index (χ0n) is 15.1. The fourth-order valence-electron chi connectivity index (χ4n) is 2.73. The molecule has 0 aliphatic carbocycles. The smallest absolute Gasteiger partial charge is 0.119 e. The lowest BCUT2D eigenvalue weighted by atomic mass is 10.1. The van der Waals surface area contributed by atoms with E-state index in [0.717, 1.165) is 30.2 Å². The molecule has 0 saturated heterocycles. The summed E-state index contributed by atoms with van der Waals surface area (Å²) in [4.78, 5) is 7.00. The van der Waals surface area contributed by atoms with Crippen LogP contribution < -0.4 is 4.74 Å². The van der Waals surface area contributed by atoms with Crippen molar-refractivity contribution < 1.29 is 4.74 Å². The molecule has 0 bridgehead atoms. The van der Waals surface area contributed by atoms with E-state index in [0.29, 0.717) is 5.92 Å². The standard InChI is InChI=1S/C19H24N4OS/c1-14(2)19-21-16(13-25-19)12-22(3)11-15-10-17(24-4)6-7-18(15)23-9-5-8-20-23/h5-10,13-14H,11-12H2,1-4H3. The Labute approximate surface area is 152 Å². The van der Waals surface area contributed by atoms with E-state index in [1.54, 1.807) is 24.6 Å². The Kier molecular flexibility index (Phi) is 5.50. The summed E-state index contributed by atoms with van der Waals surface area (Å²) >= 11 is 1.74. The molecule has 0 unspecified atom stereocenters. The van der Waals surface area contributed by atoms with Crippen molar-refractivity contribution in [3.8, 4) is 11.4 Å². The Morgan fingerprint density at radius 2 is 2.12 bits per heavy atom. The molecule has 3 aromatic rings. The van der Waals surface area contributed by atoms with Gasteiger partial charge in [-0.25, -0.2) is 9.67 Å². The molecular formula is C19H24N4OS. The number of nitrogens with zero attached hydrogens (tertiary/aromatic N) is 4. The first-order valence-corrected chi connectivity index (χ1v) is 9.24. The van der Waals surface area contributed by atoms with Crippen LogP contribution in [0.25, 0.3) is 5.69 Å². The predicted octanol–water partition coefficient (Wildman–Crippen LogP) is 4.09. The molecule has 0 aliphatic rings. The highest BCUT2D eigenvalue weighted by atomic mass is 32.1. The van der Waals surface area contributed by atoms with Crippen molar-refractivity contribution in [2.24, 2.45) is 0 Å². The number of hydrogen-bond donors (Lipinski definition) is 0. The van der Waals surface area contributed by atoms with Crippen molar-refractivity contribution in [2.75, 3.05) is 14.2 Å². The molecule has 0 atom stereocenters. The molecule has 5 nitrogen and oxygen atoms in total. The summed E-state index contributed by atoms with van der Waals surface area (Å²) in [7, 11) is 3.81. The van der Waals surface area contributed by atoms with Gasteiger partial charge in [-0.05, 0) is 36.9 Å². The number of hydrogen-bond acceptors (Lipinski definition) is 5. The van der Waals surface area contributed by atoms with Crippen LogP contribution in [0, 0.1) is 0 Å². The molecule has 2 aromatic heterocycles. The van der Waals surface area contributed by atoms with Gasteiger partial charge in [-0.2, -0.15) is 5.10 Å². The lowest BCUT2D eigenvalue weighted by molar-refractivity contribution is 0.314. The highest BCUT2D eigenvalue weighted by Gasteiger charge is 2.12. The highest BCUT2D eigenvalue weighted by molar-refractivity contribution is 7.09. The summed E-state index contributed by atoms with van der Waals surface area (Å²) in [5.74, 6) is 1.34. The third-order valence-electron chi connectivity index (χ3n) is 3.97. The first kappa shape index (κ1) is 17.6. The van der Waals surface area contributed by atoms with Gasteiger partial charge < -0.3 is 4.74 Å². The van der Waals surface area contributed by atoms with Crippen molar-refractivity contribution in [3.63, 3.8) is 0 Å². The maximum absolute atomic E-state index is 5.40. The van der Waals surface area contributed by atoms with E-state index in [1.165, 1.54) is 10.6 Å². The van der Waals surface area contributed by atoms with Crippen molar-refractivity contribution in [1.82, 2.24) is 19.7 Å². The van der Waals surface area contributed by atoms with Crippen LogP contribution in [-0.2, 0) is 13.1 Å². The Morgan fingerprint density at radius 3 is 2.76 bits per heavy atom. The minimum atomic E-state index is 0.480. The lowest BCUT2D eigenvalue weighted by Gasteiger charge is -2.18. The summed E-state index contributed by atoms with van der Waals surface area (Å²) < 4.78 is 7.29. The summed E-state index contributed by atoms with van der Waals surface area (Å²) in [6, 6.07) is 8.03. The predicted molar refractivity (Wildman–Crippen MR) is 101 cm³/mol. The average molecular weight is 356 g/mol. The maximum atomic E-state index is 5.40. The third-order valence-corrected chi connectivity index (χ3v) is 5.17. The molecule has 0 radical (unpaired) electrons. The van der Waals surface area contributed by atoms with E-state index >= 15 is 0 Å². The minimum absolute atomic E-state index is 0.480. The number of aromatic nitrogens is 3. The maximum Gasteiger partial charge on any atom is 0.119 e. The normalized spacial score (nSPS) is 11.4. The van der Waals surface area contributed by atoms with Crippen LogP contribution >= 0.6 is 11.3 Å². The number of benzene rings is 1. The Hall–Kier alpha value is -2.18. The largest absolute Gasteiger partial charge is 0.497 e. The molecule has 1 aromatic carbocycles. The van der Waals surface area contributed by atoms with Crippen molar-refractivity contribution in [2.45, 2.75) is 32.9 Å². The Bertz CT molecular complexity index is 811. The fourth-order valence-corrected chi connectivity index (χ4v) is 3.56. The van der Waals surface area contributed by atoms with E-state index in [1.807, 2.05) is 23.0 Å². The summed E-state index contributed by atoms with van der Waals surface area (Å²) in [6.45, 7) is 5.97. The van der Waals surface area contributed by atoms with Gasteiger partial charge in [0.2, 0.25) is 0 Å². The van der Waals surface area contributed by atoms with E-state index in [4.69, 9.17) is 9.72 Å². The topological polar surface area (TPSA) is 43.2 Å². The molecule has 25 heavy (non-hydrogen) atoms. The molecule has 0 aliphatic heterocycles. The highest BCUT2D eigenvalue weighted by Crippen LogP contribution is 2.23. The summed E-state index contributed by atoms with van der Waals surface area (Å²) in [5, 5.41) is 7.72. The number of thiazole rings is 1. The average Bonchev–Trinajstić information content (AvgIpc) is 3.26. The first-order valence-electron chi connectivity index (χ1n) is 8.36. The van der Waals surface area contributed by atoms with E-state index in [-0.39, 0.29) is 0 Å². The Balaban J connectivity index is 1.78. The number of methoxy groups -OCH3 is 1. The van der Waals surface area contributed by atoms with Crippen molar-refractivity contribution in [3.05, 3.63) is 58.3 Å². The van der Waals surface area contributed by atoms with Crippen LogP contribution in [0.15, 0.2) is 42.0 Å². The molecule has 0 amide bonds. The van der Waals surface area contributed by atoms with Crippen LogP contribution in [0.1, 0.15) is 36.0 Å². The van der Waals surface area contributed by atoms with Gasteiger partial charge >= 0.3 is 0 Å². The van der Waals surface area contributed by atoms with Gasteiger partial charge in [0.15, 0.2) is 0 Å². The van der Waals surface area contributed by atoms with Gasteiger partial charge in [-0.15, -0.1) is 11.3 Å².